The first-order chi connectivity index (χ1) is 16.2. The van der Waals surface area contributed by atoms with Crippen LogP contribution in [-0.2, 0) is 4.74 Å². The normalized spacial score (nSPS) is 16.4. The Morgan fingerprint density at radius 3 is 2.79 bits per heavy atom. The Labute approximate surface area is 202 Å². The van der Waals surface area contributed by atoms with Crippen LogP contribution < -0.4 is 10.1 Å². The van der Waals surface area contributed by atoms with Crippen LogP contribution in [0.25, 0.3) is 10.2 Å². The molecule has 1 N–H and O–H groups in total. The third-order valence-corrected chi connectivity index (χ3v) is 6.17. The number of ether oxygens (including phenoxy) is 2. The zero-order valence-corrected chi connectivity index (χ0v) is 20.6. The van der Waals surface area contributed by atoms with Crippen molar-refractivity contribution in [2.24, 2.45) is 0 Å². The largest absolute Gasteiger partial charge is 0.490 e. The van der Waals surface area contributed by atoms with Crippen molar-refractivity contribution in [1.82, 2.24) is 19.8 Å². The van der Waals surface area contributed by atoms with Gasteiger partial charge >= 0.3 is 12.1 Å². The highest BCUT2D eigenvalue weighted by molar-refractivity contribution is 7.18. The van der Waals surface area contributed by atoms with Gasteiger partial charge in [-0.2, -0.15) is 0 Å². The number of hydrogen-bond acceptors (Lipinski definition) is 7. The summed E-state index contributed by atoms with van der Waals surface area (Å²) in [7, 11) is 0. The van der Waals surface area contributed by atoms with Crippen LogP contribution >= 0.6 is 11.3 Å². The summed E-state index contributed by atoms with van der Waals surface area (Å²) in [6.45, 7) is 8.69. The lowest BCUT2D eigenvalue weighted by Gasteiger charge is -2.41. The van der Waals surface area contributed by atoms with E-state index in [1.807, 2.05) is 45.9 Å². The van der Waals surface area contributed by atoms with Crippen molar-refractivity contribution in [3.05, 3.63) is 47.7 Å². The number of pyridine rings is 1. The maximum atomic E-state index is 13.2. The summed E-state index contributed by atoms with van der Waals surface area (Å²) < 4.78 is 12.5. The van der Waals surface area contributed by atoms with Crippen LogP contribution in [0.4, 0.5) is 15.3 Å². The van der Waals surface area contributed by atoms with E-state index < -0.39 is 11.7 Å². The monoisotopic (exact) mass is 483 g/mol. The molecular weight excluding hydrogens is 454 g/mol. The molecule has 3 amide bonds. The molecule has 1 unspecified atom stereocenters. The van der Waals surface area contributed by atoms with Crippen LogP contribution in [0.2, 0.25) is 0 Å². The number of fused-ring (bicyclic) bond motifs is 1. The lowest BCUT2D eigenvalue weighted by molar-refractivity contribution is 0.00539. The highest BCUT2D eigenvalue weighted by Crippen LogP contribution is 2.25. The van der Waals surface area contributed by atoms with E-state index in [4.69, 9.17) is 9.47 Å². The number of urea groups is 1. The lowest BCUT2D eigenvalue weighted by Crippen LogP contribution is -2.59. The topological polar surface area (TPSA) is 96.9 Å². The summed E-state index contributed by atoms with van der Waals surface area (Å²) in [5.74, 6) is 0.599. The number of benzene rings is 1. The Kier molecular flexibility index (Phi) is 6.87. The summed E-state index contributed by atoms with van der Waals surface area (Å²) in [6, 6.07) is 8.66. The fraction of sp³-hybridized carbons (Fsp3) is 0.417. The minimum Gasteiger partial charge on any atom is -0.490 e. The first-order valence-electron chi connectivity index (χ1n) is 11.1. The molecule has 1 fully saturated rings. The molecule has 0 saturated carbocycles. The molecule has 10 heteroatoms. The van der Waals surface area contributed by atoms with Crippen LogP contribution in [-0.4, -0.2) is 69.8 Å². The highest BCUT2D eigenvalue weighted by Gasteiger charge is 2.35. The Bertz CT molecular complexity index is 1160. The molecule has 1 aliphatic heterocycles. The van der Waals surface area contributed by atoms with E-state index in [1.165, 1.54) is 0 Å². The molecule has 1 saturated heterocycles. The number of amides is 3. The van der Waals surface area contributed by atoms with Crippen molar-refractivity contribution in [3.8, 4) is 5.75 Å². The van der Waals surface area contributed by atoms with E-state index in [9.17, 15) is 9.59 Å². The van der Waals surface area contributed by atoms with Gasteiger partial charge in [-0.25, -0.2) is 14.6 Å². The molecule has 0 spiro atoms. The number of piperazine rings is 1. The van der Waals surface area contributed by atoms with E-state index in [1.54, 1.807) is 45.7 Å². The predicted molar refractivity (Wildman–Crippen MR) is 131 cm³/mol. The average molecular weight is 484 g/mol. The summed E-state index contributed by atoms with van der Waals surface area (Å²) >= 11 is 1.61. The van der Waals surface area contributed by atoms with Crippen LogP contribution in [0.5, 0.6) is 5.75 Å². The lowest BCUT2D eigenvalue weighted by atomic mass is 10.2. The van der Waals surface area contributed by atoms with E-state index >= 15 is 0 Å². The van der Waals surface area contributed by atoms with E-state index in [2.05, 4.69) is 15.3 Å². The van der Waals surface area contributed by atoms with Crippen molar-refractivity contribution in [2.75, 3.05) is 31.6 Å². The number of anilines is 1. The Balaban J connectivity index is 1.48. The molecule has 34 heavy (non-hydrogen) atoms. The molecule has 180 valence electrons. The SMILES string of the molecule is Cc1nc2cc(NC(=O)N3CCN(C(=O)OC(C)(C)C)CC3COc3cccnc3)ccc2s1. The zero-order valence-electron chi connectivity index (χ0n) is 19.8. The molecule has 1 aromatic carbocycles. The standard InChI is InChI=1S/C24H29N5O4S/c1-16-26-20-12-17(7-8-21(20)34-16)27-22(30)29-11-10-28(23(31)33-24(2,3)4)14-18(29)15-32-19-6-5-9-25-13-19/h5-9,12-13,18H,10-11,14-15H2,1-4H3,(H,27,30). The number of carbonyl (C=O) groups excluding carboxylic acids is 2. The Hall–Kier alpha value is -3.40. The second kappa shape index (κ2) is 9.84. The van der Waals surface area contributed by atoms with Gasteiger partial charge in [0.25, 0.3) is 0 Å². The van der Waals surface area contributed by atoms with Gasteiger partial charge < -0.3 is 24.6 Å². The zero-order chi connectivity index (χ0) is 24.3. The highest BCUT2D eigenvalue weighted by atomic mass is 32.1. The van der Waals surface area contributed by atoms with E-state index in [-0.39, 0.29) is 18.7 Å². The number of nitrogens with zero attached hydrogens (tertiary/aromatic N) is 4. The van der Waals surface area contributed by atoms with Gasteiger partial charge in [0, 0.05) is 31.5 Å². The van der Waals surface area contributed by atoms with Crippen molar-refractivity contribution in [2.45, 2.75) is 39.3 Å². The minimum atomic E-state index is -0.597. The minimum absolute atomic E-state index is 0.211. The molecule has 9 nitrogen and oxygen atoms in total. The second-order valence-electron chi connectivity index (χ2n) is 9.12. The van der Waals surface area contributed by atoms with Gasteiger partial charge in [-0.1, -0.05) is 0 Å². The van der Waals surface area contributed by atoms with Gasteiger partial charge in [0.05, 0.1) is 27.5 Å². The number of aryl methyl sites for hydroxylation is 1. The summed E-state index contributed by atoms with van der Waals surface area (Å²) in [5.41, 5.74) is 0.927. The smallest absolute Gasteiger partial charge is 0.410 e. The summed E-state index contributed by atoms with van der Waals surface area (Å²) in [5, 5.41) is 3.95. The van der Waals surface area contributed by atoms with Crippen molar-refractivity contribution < 1.29 is 19.1 Å². The first-order valence-corrected chi connectivity index (χ1v) is 12.0. The van der Waals surface area contributed by atoms with Crippen LogP contribution in [0.1, 0.15) is 25.8 Å². The van der Waals surface area contributed by atoms with Gasteiger partial charge in [-0.15, -0.1) is 11.3 Å². The number of thiazole rings is 1. The molecule has 3 aromatic rings. The van der Waals surface area contributed by atoms with Gasteiger partial charge in [0.15, 0.2) is 0 Å². The fourth-order valence-electron chi connectivity index (χ4n) is 3.70. The molecule has 1 aliphatic rings. The molecule has 1 atom stereocenters. The van der Waals surface area contributed by atoms with Crippen molar-refractivity contribution in [3.63, 3.8) is 0 Å². The maximum absolute atomic E-state index is 13.2. The molecule has 0 aliphatic carbocycles. The third-order valence-electron chi connectivity index (χ3n) is 5.22. The maximum Gasteiger partial charge on any atom is 0.410 e. The number of nitrogens with one attached hydrogen (secondary N) is 1. The number of carbonyl (C=O) groups is 2. The molecule has 0 bridgehead atoms. The van der Waals surface area contributed by atoms with Gasteiger partial charge in [0.2, 0.25) is 0 Å². The van der Waals surface area contributed by atoms with Gasteiger partial charge in [-0.05, 0) is 58.0 Å². The number of hydrogen-bond donors (Lipinski definition) is 1. The molecule has 0 radical (unpaired) electrons. The average Bonchev–Trinajstić information content (AvgIpc) is 3.16. The Morgan fingerprint density at radius 2 is 2.06 bits per heavy atom. The number of aromatic nitrogens is 2. The van der Waals surface area contributed by atoms with Crippen LogP contribution in [0.15, 0.2) is 42.7 Å². The van der Waals surface area contributed by atoms with E-state index in [0.717, 1.165) is 15.2 Å². The second-order valence-corrected chi connectivity index (χ2v) is 10.4. The van der Waals surface area contributed by atoms with Crippen molar-refractivity contribution >= 4 is 39.4 Å². The summed E-state index contributed by atoms with van der Waals surface area (Å²) in [6.07, 6.45) is 2.88. The Morgan fingerprint density at radius 1 is 1.24 bits per heavy atom. The quantitative estimate of drug-likeness (QED) is 0.586. The molecule has 4 rings (SSSR count). The fourth-order valence-corrected chi connectivity index (χ4v) is 4.51. The molecule has 2 aromatic heterocycles. The summed E-state index contributed by atoms with van der Waals surface area (Å²) in [4.78, 5) is 37.8. The predicted octanol–water partition coefficient (Wildman–Crippen LogP) is 4.53. The molecular formula is C24H29N5O4S. The van der Waals surface area contributed by atoms with Crippen LogP contribution in [0, 0.1) is 6.92 Å². The third kappa shape index (κ3) is 5.93. The van der Waals surface area contributed by atoms with E-state index in [0.29, 0.717) is 31.1 Å². The molecule has 3 heterocycles. The number of rotatable bonds is 4. The van der Waals surface area contributed by atoms with Gasteiger partial charge in [-0.3, -0.25) is 4.98 Å². The van der Waals surface area contributed by atoms with Crippen LogP contribution in [0.3, 0.4) is 0 Å². The first kappa shape index (κ1) is 23.7. The van der Waals surface area contributed by atoms with Crippen molar-refractivity contribution in [1.29, 1.82) is 0 Å². The van der Waals surface area contributed by atoms with Gasteiger partial charge in [0.1, 0.15) is 18.0 Å².